The summed E-state index contributed by atoms with van der Waals surface area (Å²) in [6.07, 6.45) is 4.19. The topological polar surface area (TPSA) is 24.9 Å². The van der Waals surface area contributed by atoms with Crippen molar-refractivity contribution in [1.82, 2.24) is 4.98 Å². The van der Waals surface area contributed by atoms with Crippen molar-refractivity contribution in [3.63, 3.8) is 0 Å². The van der Waals surface area contributed by atoms with Crippen LogP contribution in [-0.2, 0) is 0 Å². The van der Waals surface area contributed by atoms with Gasteiger partial charge in [-0.3, -0.25) is 4.98 Å². The van der Waals surface area contributed by atoms with Crippen LogP contribution < -0.4 is 5.32 Å². The third-order valence-electron chi connectivity index (χ3n) is 2.70. The summed E-state index contributed by atoms with van der Waals surface area (Å²) >= 11 is 1.82. The molecule has 0 fully saturated rings. The van der Waals surface area contributed by atoms with E-state index in [1.165, 1.54) is 11.3 Å². The lowest BCUT2D eigenvalue weighted by Crippen LogP contribution is -2.09. The van der Waals surface area contributed by atoms with Gasteiger partial charge in [-0.05, 0) is 36.9 Å². The number of anilines is 1. The van der Waals surface area contributed by atoms with Crippen molar-refractivity contribution in [3.8, 4) is 0 Å². The zero-order valence-corrected chi connectivity index (χ0v) is 11.1. The summed E-state index contributed by atoms with van der Waals surface area (Å²) < 4.78 is 0. The predicted octanol–water partition coefficient (Wildman–Crippen LogP) is 4.40. The van der Waals surface area contributed by atoms with Crippen LogP contribution in [0.2, 0.25) is 0 Å². The molecule has 0 aliphatic rings. The van der Waals surface area contributed by atoms with Crippen molar-refractivity contribution >= 4 is 17.0 Å². The van der Waals surface area contributed by atoms with Crippen LogP contribution in [0.5, 0.6) is 0 Å². The molecule has 0 aliphatic carbocycles. The highest BCUT2D eigenvalue weighted by atomic mass is 32.1. The number of nitrogens with one attached hydrogen (secondary N) is 1. The van der Waals surface area contributed by atoms with Crippen LogP contribution in [-0.4, -0.2) is 4.98 Å². The average molecular weight is 246 g/mol. The number of hydrogen-bond acceptors (Lipinski definition) is 3. The molecule has 1 unspecified atom stereocenters. The number of aromatic nitrogens is 1. The van der Waals surface area contributed by atoms with Crippen molar-refractivity contribution in [2.24, 2.45) is 0 Å². The molecule has 0 aliphatic heterocycles. The van der Waals surface area contributed by atoms with E-state index in [1.807, 2.05) is 30.5 Å². The van der Waals surface area contributed by atoms with E-state index in [0.29, 0.717) is 6.04 Å². The first-order valence-electron chi connectivity index (χ1n) is 6.02. The second kappa shape index (κ2) is 5.82. The summed E-state index contributed by atoms with van der Waals surface area (Å²) in [4.78, 5) is 5.62. The Hall–Kier alpha value is -1.35. The maximum atomic E-state index is 4.22. The fourth-order valence-electron chi connectivity index (χ4n) is 1.90. The second-order valence-electron chi connectivity index (χ2n) is 4.19. The zero-order chi connectivity index (χ0) is 12.1. The van der Waals surface area contributed by atoms with Crippen molar-refractivity contribution in [3.05, 3.63) is 46.4 Å². The molecule has 2 heterocycles. The van der Waals surface area contributed by atoms with E-state index < -0.39 is 0 Å². The van der Waals surface area contributed by atoms with Gasteiger partial charge in [0.25, 0.3) is 0 Å². The number of rotatable bonds is 5. The molecule has 2 nitrogen and oxygen atoms in total. The summed E-state index contributed by atoms with van der Waals surface area (Å²) in [7, 11) is 0. The first-order chi connectivity index (χ1) is 8.29. The number of nitrogens with zero attached hydrogens (tertiary/aromatic N) is 1. The lowest BCUT2D eigenvalue weighted by molar-refractivity contribution is 0.687. The molecular weight excluding hydrogens is 228 g/mol. The molecule has 1 atom stereocenters. The van der Waals surface area contributed by atoms with Crippen LogP contribution in [0.4, 0.5) is 5.69 Å². The third kappa shape index (κ3) is 3.30. The van der Waals surface area contributed by atoms with E-state index >= 15 is 0 Å². The highest BCUT2D eigenvalue weighted by Crippen LogP contribution is 2.27. The molecule has 2 aromatic rings. The first kappa shape index (κ1) is 12.1. The summed E-state index contributed by atoms with van der Waals surface area (Å²) in [6, 6.07) is 8.86. The van der Waals surface area contributed by atoms with Gasteiger partial charge in [0.15, 0.2) is 0 Å². The summed E-state index contributed by atoms with van der Waals surface area (Å²) in [5, 5.41) is 5.73. The minimum Gasteiger partial charge on any atom is -0.377 e. The monoisotopic (exact) mass is 246 g/mol. The summed E-state index contributed by atoms with van der Waals surface area (Å²) in [5.41, 5.74) is 2.21. The Balaban J connectivity index is 2.13. The minimum absolute atomic E-state index is 0.418. The molecular formula is C14H18N2S. The van der Waals surface area contributed by atoms with Crippen molar-refractivity contribution in [2.45, 2.75) is 32.7 Å². The van der Waals surface area contributed by atoms with Gasteiger partial charge in [-0.2, -0.15) is 0 Å². The lowest BCUT2D eigenvalue weighted by Gasteiger charge is -2.18. The largest absolute Gasteiger partial charge is 0.377 e. The highest BCUT2D eigenvalue weighted by molar-refractivity contribution is 7.10. The fraction of sp³-hybridized carbons (Fsp3) is 0.357. The molecule has 0 amide bonds. The second-order valence-corrected chi connectivity index (χ2v) is 5.17. The van der Waals surface area contributed by atoms with Crippen LogP contribution >= 0.6 is 11.3 Å². The number of thiophene rings is 1. The van der Waals surface area contributed by atoms with Gasteiger partial charge < -0.3 is 5.32 Å². The highest BCUT2D eigenvalue weighted by Gasteiger charge is 2.11. The molecule has 0 spiro atoms. The molecule has 0 saturated heterocycles. The lowest BCUT2D eigenvalue weighted by atomic mass is 10.1. The molecule has 17 heavy (non-hydrogen) atoms. The smallest absolute Gasteiger partial charge is 0.0606 e. The molecule has 90 valence electrons. The van der Waals surface area contributed by atoms with Crippen molar-refractivity contribution in [1.29, 1.82) is 0 Å². The molecule has 2 aromatic heterocycles. The van der Waals surface area contributed by atoms with E-state index in [0.717, 1.165) is 17.8 Å². The molecule has 0 saturated carbocycles. The normalized spacial score (nSPS) is 12.4. The first-order valence-corrected chi connectivity index (χ1v) is 6.90. The quantitative estimate of drug-likeness (QED) is 0.845. The Bertz CT molecular complexity index is 451. The van der Waals surface area contributed by atoms with E-state index in [4.69, 9.17) is 0 Å². The van der Waals surface area contributed by atoms with Gasteiger partial charge in [0.05, 0.1) is 6.04 Å². The summed E-state index contributed by atoms with van der Waals surface area (Å²) in [6.45, 7) is 4.24. The number of aryl methyl sites for hydroxylation is 1. The van der Waals surface area contributed by atoms with Crippen LogP contribution in [0.25, 0.3) is 0 Å². The zero-order valence-electron chi connectivity index (χ0n) is 10.3. The summed E-state index contributed by atoms with van der Waals surface area (Å²) in [5.74, 6) is 0. The Morgan fingerprint density at radius 1 is 1.41 bits per heavy atom. The van der Waals surface area contributed by atoms with Crippen LogP contribution in [0.3, 0.4) is 0 Å². The van der Waals surface area contributed by atoms with Gasteiger partial charge in [-0.25, -0.2) is 0 Å². The van der Waals surface area contributed by atoms with E-state index in [1.54, 1.807) is 0 Å². The van der Waals surface area contributed by atoms with E-state index in [-0.39, 0.29) is 0 Å². The standard InChI is InChI=1S/C14H18N2S/c1-3-5-13(14-6-4-9-17-14)16-12-7-8-15-11(2)10-12/h4,6-10,13H,3,5H2,1-2H3,(H,15,16). The van der Waals surface area contributed by atoms with Gasteiger partial charge >= 0.3 is 0 Å². The van der Waals surface area contributed by atoms with Gasteiger partial charge in [-0.15, -0.1) is 11.3 Å². The van der Waals surface area contributed by atoms with Crippen LogP contribution in [0.1, 0.15) is 36.4 Å². The Kier molecular flexibility index (Phi) is 4.15. The third-order valence-corrected chi connectivity index (χ3v) is 3.69. The Morgan fingerprint density at radius 2 is 2.29 bits per heavy atom. The maximum absolute atomic E-state index is 4.22. The Labute approximate surface area is 107 Å². The van der Waals surface area contributed by atoms with Crippen molar-refractivity contribution < 1.29 is 0 Å². The molecule has 0 aromatic carbocycles. The molecule has 0 radical (unpaired) electrons. The number of pyridine rings is 1. The molecule has 2 rings (SSSR count). The van der Waals surface area contributed by atoms with Gasteiger partial charge in [-0.1, -0.05) is 19.4 Å². The van der Waals surface area contributed by atoms with Gasteiger partial charge in [0.2, 0.25) is 0 Å². The van der Waals surface area contributed by atoms with Crippen LogP contribution in [0.15, 0.2) is 35.8 Å². The molecule has 0 bridgehead atoms. The van der Waals surface area contributed by atoms with Crippen molar-refractivity contribution in [2.75, 3.05) is 5.32 Å². The van der Waals surface area contributed by atoms with Gasteiger partial charge in [0.1, 0.15) is 0 Å². The predicted molar refractivity (Wildman–Crippen MR) is 74.6 cm³/mol. The van der Waals surface area contributed by atoms with E-state index in [2.05, 4.69) is 40.8 Å². The Morgan fingerprint density at radius 3 is 2.94 bits per heavy atom. The fourth-order valence-corrected chi connectivity index (χ4v) is 2.71. The van der Waals surface area contributed by atoms with Crippen LogP contribution in [0, 0.1) is 6.92 Å². The van der Waals surface area contributed by atoms with E-state index in [9.17, 15) is 0 Å². The maximum Gasteiger partial charge on any atom is 0.0606 e. The average Bonchev–Trinajstić information content (AvgIpc) is 2.82. The SMILES string of the molecule is CCCC(Nc1ccnc(C)c1)c1cccs1. The van der Waals surface area contributed by atoms with Gasteiger partial charge in [0, 0.05) is 22.5 Å². The molecule has 3 heteroatoms. The molecule has 1 N–H and O–H groups in total. The number of hydrogen-bond donors (Lipinski definition) is 1. The minimum atomic E-state index is 0.418.